The smallest absolute Gasteiger partial charge is 0.138 e. The van der Waals surface area contributed by atoms with Crippen LogP contribution in [0.5, 0.6) is 11.5 Å². The molecule has 4 aromatic heterocycles. The van der Waals surface area contributed by atoms with Crippen LogP contribution in [-0.4, -0.2) is 19.1 Å². The topological polar surface area (TPSA) is 48.1 Å². The predicted molar refractivity (Wildman–Crippen MR) is 298 cm³/mol. The predicted octanol–water partition coefficient (Wildman–Crippen LogP) is 17.5. The summed E-state index contributed by atoms with van der Waals surface area (Å²) >= 11 is 0. The zero-order valence-electron chi connectivity index (χ0n) is 43.7. The lowest BCUT2D eigenvalue weighted by molar-refractivity contribution is 0.482. The second-order valence-electron chi connectivity index (χ2n) is 21.4. The molecule has 0 saturated heterocycles. The van der Waals surface area contributed by atoms with Crippen molar-refractivity contribution in [3.8, 4) is 28.4 Å². The van der Waals surface area contributed by atoms with E-state index in [1.807, 2.05) is 38.4 Å². The minimum atomic E-state index is -1.55. The normalized spacial score (nSPS) is 13.5. The summed E-state index contributed by atoms with van der Waals surface area (Å²) in [6.07, 6.45) is 2.20. The molecule has 1 aliphatic rings. The van der Waals surface area contributed by atoms with Crippen LogP contribution in [0.2, 0.25) is 0 Å². The van der Waals surface area contributed by atoms with Crippen LogP contribution in [-0.2, 0) is 23.9 Å². The molecule has 0 bridgehead atoms. The molecule has 5 heterocycles. The Kier molecular flexibility index (Phi) is 9.97. The van der Waals surface area contributed by atoms with Gasteiger partial charge in [-0.3, -0.25) is 4.57 Å². The first-order valence-corrected chi connectivity index (χ1v) is 24.9. The zero-order valence-corrected chi connectivity index (χ0v) is 41.7. The van der Waals surface area contributed by atoms with E-state index in [0.29, 0.717) is 23.7 Å². The Morgan fingerprint density at radius 1 is 0.521 bits per heavy atom. The molecule has 6 nitrogen and oxygen atoms in total. The van der Waals surface area contributed by atoms with Crippen molar-refractivity contribution in [2.45, 2.75) is 79.3 Å². The Bertz CT molecular complexity index is 4090. The molecular formula is C65H59N5O. The van der Waals surface area contributed by atoms with Gasteiger partial charge < -0.3 is 14.2 Å². The number of hydrogen-bond acceptors (Lipinski definition) is 4. The Balaban J connectivity index is 1.06. The molecule has 1 aliphatic heterocycles. The van der Waals surface area contributed by atoms with Gasteiger partial charge in [-0.25, -0.2) is 9.97 Å². The molecule has 350 valence electrons. The van der Waals surface area contributed by atoms with E-state index in [1.54, 1.807) is 0 Å². The lowest BCUT2D eigenvalue weighted by atomic mass is 9.83. The van der Waals surface area contributed by atoms with Crippen molar-refractivity contribution >= 4 is 76.7 Å². The number of hydrogen-bond donors (Lipinski definition) is 0. The maximum atomic E-state index is 9.38. The Labute approximate surface area is 418 Å². The van der Waals surface area contributed by atoms with Gasteiger partial charge in [-0.2, -0.15) is 0 Å². The van der Waals surface area contributed by atoms with E-state index >= 15 is 0 Å². The van der Waals surface area contributed by atoms with Gasteiger partial charge in [-0.15, -0.1) is 0 Å². The SMILES string of the molecule is [2H]C([2H])(c1cc(-c2cccc3c4ccccc4c4ccccc4c4cccc5c4n(c23)CN5c2cc(Oc3ccc4c5ccccc5n(-c5cc(C(C)(C)C)ccn5)c4c3)ccn2)cc(C(C)(C)C)c1)C(C)C. The molecule has 0 radical (unpaired) electrons. The van der Waals surface area contributed by atoms with E-state index in [9.17, 15) is 2.74 Å². The first-order valence-electron chi connectivity index (χ1n) is 25.9. The fourth-order valence-corrected chi connectivity index (χ4v) is 10.8. The summed E-state index contributed by atoms with van der Waals surface area (Å²) in [6.45, 7) is 17.7. The fraction of sp³-hybridized carbons (Fsp3) is 0.200. The highest BCUT2D eigenvalue weighted by Gasteiger charge is 2.27. The van der Waals surface area contributed by atoms with Gasteiger partial charge >= 0.3 is 0 Å². The highest BCUT2D eigenvalue weighted by Crippen LogP contribution is 2.45. The molecule has 0 N–H and O–H groups in total. The van der Waals surface area contributed by atoms with Crippen molar-refractivity contribution in [2.75, 3.05) is 4.90 Å². The zero-order chi connectivity index (χ0) is 50.6. The standard InChI is InChI=1S/C65H59N5O/c1-41(2)33-42-34-43(36-45(35-42)65(6,7)8)48-22-15-23-55-51-19-11-9-17-49(51)50-18-10-12-20-52(50)56-24-16-26-58-63(56)69(62(48)55)40-68(58)60-39-47(30-32-66-60)71-46-27-28-54-53-21-13-14-25-57(53)70(59(54)38-46)61-37-44(29-31-67-61)64(3,4)5/h9-32,34-39,41H,33,40H2,1-8H3/i33D2. The number of rotatable bonds is 7. The maximum absolute atomic E-state index is 9.38. The van der Waals surface area contributed by atoms with E-state index in [0.717, 1.165) is 99.2 Å². The highest BCUT2D eigenvalue weighted by atomic mass is 16.5. The van der Waals surface area contributed by atoms with Gasteiger partial charge in [0.25, 0.3) is 0 Å². The molecule has 11 aromatic rings. The molecule has 0 atom stereocenters. The van der Waals surface area contributed by atoms with Gasteiger partial charge in [0.05, 0.1) is 27.8 Å². The van der Waals surface area contributed by atoms with Gasteiger partial charge in [0.15, 0.2) is 0 Å². The summed E-state index contributed by atoms with van der Waals surface area (Å²) in [6, 6.07) is 60.3. The van der Waals surface area contributed by atoms with Crippen molar-refractivity contribution < 1.29 is 7.48 Å². The van der Waals surface area contributed by atoms with Crippen LogP contribution in [0.3, 0.4) is 0 Å². The number of aromatic nitrogens is 4. The molecule has 12 rings (SSSR count). The fourth-order valence-electron chi connectivity index (χ4n) is 10.8. The third-order valence-electron chi connectivity index (χ3n) is 14.2. The number of ether oxygens (including phenoxy) is 1. The molecule has 0 spiro atoms. The summed E-state index contributed by atoms with van der Waals surface area (Å²) < 4.78 is 30.3. The molecule has 71 heavy (non-hydrogen) atoms. The van der Waals surface area contributed by atoms with Crippen LogP contribution >= 0.6 is 0 Å². The van der Waals surface area contributed by atoms with E-state index < -0.39 is 6.37 Å². The lowest BCUT2D eigenvalue weighted by Crippen LogP contribution is -2.16. The first kappa shape index (κ1) is 42.0. The maximum Gasteiger partial charge on any atom is 0.138 e. The van der Waals surface area contributed by atoms with Gasteiger partial charge in [-0.1, -0.05) is 171 Å². The lowest BCUT2D eigenvalue weighted by Gasteiger charge is -2.23. The molecule has 0 saturated carbocycles. The number of anilines is 2. The first-order chi connectivity index (χ1) is 35.0. The van der Waals surface area contributed by atoms with Gasteiger partial charge in [0.1, 0.15) is 29.8 Å². The largest absolute Gasteiger partial charge is 0.457 e. The number of pyridine rings is 2. The summed E-state index contributed by atoms with van der Waals surface area (Å²) in [5, 5.41) is 9.10. The highest BCUT2D eigenvalue weighted by molar-refractivity contribution is 6.22. The van der Waals surface area contributed by atoms with Crippen molar-refractivity contribution in [3.63, 3.8) is 0 Å². The van der Waals surface area contributed by atoms with Crippen molar-refractivity contribution in [3.05, 3.63) is 199 Å². The number of para-hydroxylation sites is 3. The van der Waals surface area contributed by atoms with E-state index in [2.05, 4.69) is 213 Å². The van der Waals surface area contributed by atoms with Crippen LogP contribution in [0, 0.1) is 5.92 Å². The average Bonchev–Trinajstić information content (AvgIpc) is 3.95. The second kappa shape index (κ2) is 16.9. The van der Waals surface area contributed by atoms with Crippen LogP contribution in [0.1, 0.15) is 74.8 Å². The minimum Gasteiger partial charge on any atom is -0.457 e. The van der Waals surface area contributed by atoms with Gasteiger partial charge in [0.2, 0.25) is 0 Å². The molecule has 0 fully saturated rings. The molecular weight excluding hydrogens is 867 g/mol. The quantitative estimate of drug-likeness (QED) is 0.160. The molecule has 0 amide bonds. The molecule has 0 aliphatic carbocycles. The molecule has 7 aromatic carbocycles. The van der Waals surface area contributed by atoms with Crippen LogP contribution < -0.4 is 9.64 Å². The molecule has 6 heteroatoms. The van der Waals surface area contributed by atoms with Gasteiger partial charge in [0, 0.05) is 54.4 Å². The van der Waals surface area contributed by atoms with E-state index in [1.165, 1.54) is 5.56 Å². The summed E-state index contributed by atoms with van der Waals surface area (Å²) in [4.78, 5) is 12.3. The van der Waals surface area contributed by atoms with E-state index in [-0.39, 0.29) is 16.7 Å². The Hall–Kier alpha value is -7.96. The van der Waals surface area contributed by atoms with Crippen molar-refractivity contribution in [2.24, 2.45) is 5.92 Å². The van der Waals surface area contributed by atoms with Crippen LogP contribution in [0.15, 0.2) is 182 Å². The summed E-state index contributed by atoms with van der Waals surface area (Å²) in [7, 11) is 0. The Morgan fingerprint density at radius 2 is 1.11 bits per heavy atom. The van der Waals surface area contributed by atoms with E-state index in [4.69, 9.17) is 14.7 Å². The monoisotopic (exact) mass is 927 g/mol. The second-order valence-corrected chi connectivity index (χ2v) is 21.4. The number of benzene rings is 7. The summed E-state index contributed by atoms with van der Waals surface area (Å²) in [5.74, 6) is 2.78. The Morgan fingerprint density at radius 3 is 1.82 bits per heavy atom. The number of fused-ring (bicyclic) bond motifs is 10. The third kappa shape index (κ3) is 7.73. The summed E-state index contributed by atoms with van der Waals surface area (Å²) in [5.41, 5.74) is 10.0. The van der Waals surface area contributed by atoms with Gasteiger partial charge in [-0.05, 0) is 109 Å². The molecule has 0 unspecified atom stereocenters. The van der Waals surface area contributed by atoms with Crippen LogP contribution in [0.25, 0.3) is 82.1 Å². The van der Waals surface area contributed by atoms with Crippen LogP contribution in [0.4, 0.5) is 11.5 Å². The average molecular weight is 928 g/mol. The van der Waals surface area contributed by atoms with Crippen molar-refractivity contribution in [1.82, 2.24) is 19.1 Å². The van der Waals surface area contributed by atoms with Crippen molar-refractivity contribution in [1.29, 1.82) is 0 Å². The third-order valence-corrected chi connectivity index (χ3v) is 14.2. The number of nitrogens with zero attached hydrogens (tertiary/aromatic N) is 5. The minimum absolute atomic E-state index is 0.0381.